The number of anilines is 4. The highest BCUT2D eigenvalue weighted by Crippen LogP contribution is 2.29. The van der Waals surface area contributed by atoms with E-state index in [-0.39, 0.29) is 5.91 Å². The Balaban J connectivity index is 1.51. The van der Waals surface area contributed by atoms with Gasteiger partial charge in [-0.15, -0.1) is 0 Å². The smallest absolute Gasteiger partial charge is 0.274 e. The molecule has 2 aromatic heterocycles. The molecule has 0 saturated carbocycles. The third-order valence-electron chi connectivity index (χ3n) is 5.05. The van der Waals surface area contributed by atoms with Gasteiger partial charge in [-0.3, -0.25) is 4.79 Å². The quantitative estimate of drug-likeness (QED) is 0.445. The predicted molar refractivity (Wildman–Crippen MR) is 128 cm³/mol. The molecular formula is C22H24BrN7O2. The van der Waals surface area contributed by atoms with Crippen LogP contribution in [0.1, 0.15) is 16.1 Å². The fraction of sp³-hybridized carbons (Fsp3) is 0.273. The molecule has 0 atom stereocenters. The van der Waals surface area contributed by atoms with Gasteiger partial charge in [0.15, 0.2) is 11.6 Å². The van der Waals surface area contributed by atoms with E-state index in [4.69, 9.17) is 4.74 Å². The van der Waals surface area contributed by atoms with E-state index in [1.807, 2.05) is 25.1 Å². The highest BCUT2D eigenvalue weighted by Gasteiger charge is 2.16. The average Bonchev–Trinajstić information content (AvgIpc) is 2.81. The number of nitrogens with one attached hydrogen (secondary N) is 3. The lowest BCUT2D eigenvalue weighted by atomic mass is 10.1. The van der Waals surface area contributed by atoms with Crippen LogP contribution in [0.3, 0.4) is 0 Å². The first kappa shape index (κ1) is 22.0. The highest BCUT2D eigenvalue weighted by molar-refractivity contribution is 9.10. The van der Waals surface area contributed by atoms with Crippen LogP contribution in [0.5, 0.6) is 5.75 Å². The van der Waals surface area contributed by atoms with Crippen molar-refractivity contribution in [2.24, 2.45) is 0 Å². The number of piperazine rings is 1. The maximum Gasteiger partial charge on any atom is 0.274 e. The number of carbonyl (C=O) groups excluding carboxylic acids is 1. The van der Waals surface area contributed by atoms with E-state index in [2.05, 4.69) is 51.7 Å². The van der Waals surface area contributed by atoms with E-state index < -0.39 is 0 Å². The Morgan fingerprint density at radius 3 is 2.72 bits per heavy atom. The van der Waals surface area contributed by atoms with Gasteiger partial charge in [0.25, 0.3) is 5.91 Å². The molecule has 0 spiro atoms. The van der Waals surface area contributed by atoms with Gasteiger partial charge >= 0.3 is 0 Å². The van der Waals surface area contributed by atoms with Crippen LogP contribution in [-0.2, 0) is 0 Å². The van der Waals surface area contributed by atoms with E-state index in [0.29, 0.717) is 33.5 Å². The minimum Gasteiger partial charge on any atom is -0.491 e. The van der Waals surface area contributed by atoms with Gasteiger partial charge in [0.05, 0.1) is 13.3 Å². The molecule has 4 rings (SSSR count). The summed E-state index contributed by atoms with van der Waals surface area (Å²) in [5.74, 6) is 1.54. The molecule has 0 aliphatic carbocycles. The average molecular weight is 498 g/mol. The van der Waals surface area contributed by atoms with Gasteiger partial charge in [-0.2, -0.15) is 4.98 Å². The lowest BCUT2D eigenvalue weighted by Crippen LogP contribution is -2.44. The number of hydrogen-bond donors (Lipinski definition) is 3. The molecule has 1 aromatic carbocycles. The molecule has 0 radical (unpaired) electrons. The predicted octanol–water partition coefficient (Wildman–Crippen LogP) is 3.36. The molecule has 166 valence electrons. The van der Waals surface area contributed by atoms with Crippen molar-refractivity contribution in [3.8, 4) is 5.75 Å². The van der Waals surface area contributed by atoms with Gasteiger partial charge in [-0.25, -0.2) is 9.97 Å². The lowest BCUT2D eigenvalue weighted by molar-refractivity contribution is 0.102. The van der Waals surface area contributed by atoms with Crippen LogP contribution in [0.15, 0.2) is 47.2 Å². The van der Waals surface area contributed by atoms with Crippen molar-refractivity contribution in [3.63, 3.8) is 0 Å². The standard InChI is InChI=1S/C22H24BrN7O2/c1-14-12-15(6-7-16(14)28-21(31)17-4-3-5-19(23)27-17)26-20-18(32-2)13-25-22(29-20)30-10-8-24-9-11-30/h3-7,12-13,24H,8-11H2,1-2H3,(H,28,31)(H,25,26,29). The number of ether oxygens (including phenoxy) is 1. The van der Waals surface area contributed by atoms with Crippen molar-refractivity contribution in [1.29, 1.82) is 0 Å². The largest absolute Gasteiger partial charge is 0.491 e. The number of amides is 1. The summed E-state index contributed by atoms with van der Waals surface area (Å²) >= 11 is 3.29. The molecule has 3 aromatic rings. The Morgan fingerprint density at radius 1 is 1.19 bits per heavy atom. The molecule has 0 bridgehead atoms. The first-order valence-corrected chi connectivity index (χ1v) is 11.0. The minimum absolute atomic E-state index is 0.270. The first-order chi connectivity index (χ1) is 15.5. The van der Waals surface area contributed by atoms with Crippen molar-refractivity contribution < 1.29 is 9.53 Å². The second-order valence-electron chi connectivity index (χ2n) is 7.28. The molecule has 10 heteroatoms. The van der Waals surface area contributed by atoms with Gasteiger partial charge < -0.3 is 25.6 Å². The molecular weight excluding hydrogens is 474 g/mol. The summed E-state index contributed by atoms with van der Waals surface area (Å²) < 4.78 is 6.05. The Kier molecular flexibility index (Phi) is 6.81. The fourth-order valence-electron chi connectivity index (χ4n) is 3.36. The third-order valence-corrected chi connectivity index (χ3v) is 5.49. The van der Waals surface area contributed by atoms with Gasteiger partial charge in [0, 0.05) is 37.6 Å². The molecule has 1 aliphatic rings. The van der Waals surface area contributed by atoms with Crippen LogP contribution in [0.2, 0.25) is 0 Å². The van der Waals surface area contributed by atoms with Crippen molar-refractivity contribution in [3.05, 3.63) is 58.5 Å². The fourth-order valence-corrected chi connectivity index (χ4v) is 3.70. The topological polar surface area (TPSA) is 104 Å². The van der Waals surface area contributed by atoms with E-state index in [0.717, 1.165) is 37.4 Å². The van der Waals surface area contributed by atoms with Gasteiger partial charge in [0.1, 0.15) is 10.3 Å². The monoisotopic (exact) mass is 497 g/mol. The molecule has 9 nitrogen and oxygen atoms in total. The molecule has 1 saturated heterocycles. The number of nitrogens with zero attached hydrogens (tertiary/aromatic N) is 4. The number of pyridine rings is 1. The van der Waals surface area contributed by atoms with Crippen LogP contribution in [-0.4, -0.2) is 54.1 Å². The maximum atomic E-state index is 12.5. The Hall–Kier alpha value is -3.24. The third kappa shape index (κ3) is 5.14. The minimum atomic E-state index is -0.270. The van der Waals surface area contributed by atoms with Crippen LogP contribution in [0, 0.1) is 6.92 Å². The summed E-state index contributed by atoms with van der Waals surface area (Å²) in [7, 11) is 1.59. The summed E-state index contributed by atoms with van der Waals surface area (Å²) in [5.41, 5.74) is 2.77. The summed E-state index contributed by atoms with van der Waals surface area (Å²) in [4.78, 5) is 28.0. The molecule has 1 amide bonds. The zero-order chi connectivity index (χ0) is 22.5. The number of methoxy groups -OCH3 is 1. The van der Waals surface area contributed by atoms with Crippen LogP contribution in [0.4, 0.5) is 23.1 Å². The molecule has 1 fully saturated rings. The number of rotatable bonds is 6. The Morgan fingerprint density at radius 2 is 2.00 bits per heavy atom. The number of aromatic nitrogens is 3. The van der Waals surface area contributed by atoms with Gasteiger partial charge in [-0.05, 0) is 58.7 Å². The zero-order valence-electron chi connectivity index (χ0n) is 17.9. The van der Waals surface area contributed by atoms with E-state index in [1.165, 1.54) is 0 Å². The van der Waals surface area contributed by atoms with Crippen molar-refractivity contribution >= 4 is 45.0 Å². The molecule has 3 heterocycles. The van der Waals surface area contributed by atoms with Crippen LogP contribution < -0.4 is 25.6 Å². The first-order valence-electron chi connectivity index (χ1n) is 10.2. The van der Waals surface area contributed by atoms with Gasteiger partial charge in [0.2, 0.25) is 5.95 Å². The zero-order valence-corrected chi connectivity index (χ0v) is 19.4. The Bertz CT molecular complexity index is 1120. The van der Waals surface area contributed by atoms with Crippen LogP contribution >= 0.6 is 15.9 Å². The van der Waals surface area contributed by atoms with E-state index in [9.17, 15) is 4.79 Å². The van der Waals surface area contributed by atoms with Crippen molar-refractivity contribution in [1.82, 2.24) is 20.3 Å². The van der Waals surface area contributed by atoms with Crippen molar-refractivity contribution in [2.75, 3.05) is 48.8 Å². The summed E-state index contributed by atoms with van der Waals surface area (Å²) in [6, 6.07) is 10.9. The summed E-state index contributed by atoms with van der Waals surface area (Å²) in [5, 5.41) is 9.55. The summed E-state index contributed by atoms with van der Waals surface area (Å²) in [6.07, 6.45) is 1.68. The van der Waals surface area contributed by atoms with E-state index in [1.54, 1.807) is 31.5 Å². The number of halogens is 1. The molecule has 32 heavy (non-hydrogen) atoms. The van der Waals surface area contributed by atoms with Gasteiger partial charge in [-0.1, -0.05) is 6.07 Å². The van der Waals surface area contributed by atoms with Crippen LogP contribution in [0.25, 0.3) is 0 Å². The second kappa shape index (κ2) is 9.92. The normalized spacial score (nSPS) is 13.5. The van der Waals surface area contributed by atoms with E-state index >= 15 is 0 Å². The number of aryl methyl sites for hydroxylation is 1. The second-order valence-corrected chi connectivity index (χ2v) is 8.09. The lowest BCUT2D eigenvalue weighted by Gasteiger charge is -2.27. The van der Waals surface area contributed by atoms with Crippen molar-refractivity contribution in [2.45, 2.75) is 6.92 Å². The highest BCUT2D eigenvalue weighted by atomic mass is 79.9. The molecule has 1 aliphatic heterocycles. The number of carbonyl (C=O) groups is 1. The molecule has 0 unspecified atom stereocenters. The Labute approximate surface area is 194 Å². The summed E-state index contributed by atoms with van der Waals surface area (Å²) in [6.45, 7) is 5.44. The SMILES string of the molecule is COc1cnc(N2CCNCC2)nc1Nc1ccc(NC(=O)c2cccc(Br)n2)c(C)c1. The molecule has 3 N–H and O–H groups in total. The number of benzene rings is 1. The maximum absolute atomic E-state index is 12.5. The number of hydrogen-bond acceptors (Lipinski definition) is 8.